The maximum atomic E-state index is 10.3. The standard InChI is InChI=1S/C12H13BrN2O/c1-8-14-12(13)10(15(8)2)11(16)9-6-4-3-5-7-9/h3-7,11,16H,1-2H3/t11-/m0/s1. The molecule has 0 unspecified atom stereocenters. The van der Waals surface area contributed by atoms with Crippen LogP contribution in [-0.2, 0) is 7.05 Å². The topological polar surface area (TPSA) is 38.1 Å². The van der Waals surface area contributed by atoms with Crippen LogP contribution in [0.2, 0.25) is 0 Å². The van der Waals surface area contributed by atoms with Crippen LogP contribution in [0.25, 0.3) is 0 Å². The van der Waals surface area contributed by atoms with Gasteiger partial charge in [0.2, 0.25) is 0 Å². The minimum absolute atomic E-state index is 0.651. The van der Waals surface area contributed by atoms with Crippen molar-refractivity contribution in [1.29, 1.82) is 0 Å². The second-order valence-corrected chi connectivity index (χ2v) is 4.46. The molecule has 0 aliphatic rings. The largest absolute Gasteiger partial charge is 0.382 e. The molecule has 1 aromatic heterocycles. The Bertz CT molecular complexity index is 493. The zero-order chi connectivity index (χ0) is 11.7. The van der Waals surface area contributed by atoms with Crippen LogP contribution in [0.1, 0.15) is 23.2 Å². The number of aromatic nitrogens is 2. The molecule has 2 aromatic rings. The normalized spacial score (nSPS) is 12.8. The van der Waals surface area contributed by atoms with Crippen LogP contribution in [-0.4, -0.2) is 14.7 Å². The summed E-state index contributed by atoms with van der Waals surface area (Å²) in [4.78, 5) is 4.28. The van der Waals surface area contributed by atoms with E-state index in [0.29, 0.717) is 4.60 Å². The van der Waals surface area contributed by atoms with Crippen LogP contribution in [0.5, 0.6) is 0 Å². The summed E-state index contributed by atoms with van der Waals surface area (Å²) in [6.45, 7) is 1.91. The van der Waals surface area contributed by atoms with Gasteiger partial charge in [0.25, 0.3) is 0 Å². The fourth-order valence-corrected chi connectivity index (χ4v) is 2.42. The SMILES string of the molecule is Cc1nc(Br)c([C@@H](O)c2ccccc2)n1C. The molecule has 0 saturated heterocycles. The van der Waals surface area contributed by atoms with E-state index < -0.39 is 6.10 Å². The van der Waals surface area contributed by atoms with Gasteiger partial charge >= 0.3 is 0 Å². The quantitative estimate of drug-likeness (QED) is 0.918. The van der Waals surface area contributed by atoms with E-state index >= 15 is 0 Å². The highest BCUT2D eigenvalue weighted by atomic mass is 79.9. The third-order valence-corrected chi connectivity index (χ3v) is 3.28. The lowest BCUT2D eigenvalue weighted by Gasteiger charge is -2.12. The van der Waals surface area contributed by atoms with E-state index in [9.17, 15) is 5.11 Å². The highest BCUT2D eigenvalue weighted by Gasteiger charge is 2.19. The predicted octanol–water partition coefficient (Wildman–Crippen LogP) is 2.57. The summed E-state index contributed by atoms with van der Waals surface area (Å²) in [7, 11) is 1.90. The van der Waals surface area contributed by atoms with Gasteiger partial charge in [0, 0.05) is 7.05 Å². The Morgan fingerprint density at radius 3 is 2.44 bits per heavy atom. The van der Waals surface area contributed by atoms with Crippen molar-refractivity contribution >= 4 is 15.9 Å². The highest BCUT2D eigenvalue weighted by molar-refractivity contribution is 9.10. The molecule has 84 valence electrons. The maximum Gasteiger partial charge on any atom is 0.130 e. The molecule has 0 bridgehead atoms. The molecule has 1 aromatic carbocycles. The Kier molecular flexibility index (Phi) is 3.12. The molecule has 1 N–H and O–H groups in total. The number of benzene rings is 1. The number of aliphatic hydroxyl groups excluding tert-OH is 1. The fourth-order valence-electron chi connectivity index (χ4n) is 1.68. The van der Waals surface area contributed by atoms with Crippen LogP contribution in [0.15, 0.2) is 34.9 Å². The average Bonchev–Trinajstić information content (AvgIpc) is 2.54. The van der Waals surface area contributed by atoms with E-state index in [2.05, 4.69) is 20.9 Å². The van der Waals surface area contributed by atoms with Gasteiger partial charge in [-0.2, -0.15) is 0 Å². The van der Waals surface area contributed by atoms with Crippen molar-refractivity contribution in [3.63, 3.8) is 0 Å². The Morgan fingerprint density at radius 2 is 1.94 bits per heavy atom. The van der Waals surface area contributed by atoms with Crippen LogP contribution in [0, 0.1) is 6.92 Å². The number of nitrogens with zero attached hydrogens (tertiary/aromatic N) is 2. The Morgan fingerprint density at radius 1 is 1.31 bits per heavy atom. The van der Waals surface area contributed by atoms with E-state index in [1.165, 1.54) is 0 Å². The summed E-state index contributed by atoms with van der Waals surface area (Å²) >= 11 is 3.37. The Hall–Kier alpha value is -1.13. The Balaban J connectivity index is 2.45. The zero-order valence-electron chi connectivity index (χ0n) is 9.18. The molecule has 1 atom stereocenters. The maximum absolute atomic E-state index is 10.3. The summed E-state index contributed by atoms with van der Waals surface area (Å²) < 4.78 is 2.59. The fraction of sp³-hybridized carbons (Fsp3) is 0.250. The van der Waals surface area contributed by atoms with E-state index in [4.69, 9.17) is 0 Å². The van der Waals surface area contributed by atoms with Gasteiger partial charge in [0.05, 0.1) is 5.69 Å². The van der Waals surface area contributed by atoms with Gasteiger partial charge in [-0.05, 0) is 28.4 Å². The molecular formula is C12H13BrN2O. The number of imidazole rings is 1. The lowest BCUT2D eigenvalue weighted by atomic mass is 10.1. The first-order valence-corrected chi connectivity index (χ1v) is 5.82. The van der Waals surface area contributed by atoms with Gasteiger partial charge < -0.3 is 9.67 Å². The summed E-state index contributed by atoms with van der Waals surface area (Å²) in [6.07, 6.45) is -0.651. The zero-order valence-corrected chi connectivity index (χ0v) is 10.8. The van der Waals surface area contributed by atoms with Crippen molar-refractivity contribution in [2.75, 3.05) is 0 Å². The lowest BCUT2D eigenvalue weighted by molar-refractivity contribution is 0.210. The van der Waals surface area contributed by atoms with Crippen LogP contribution >= 0.6 is 15.9 Å². The van der Waals surface area contributed by atoms with E-state index in [1.54, 1.807) is 0 Å². The molecular weight excluding hydrogens is 268 g/mol. The smallest absolute Gasteiger partial charge is 0.130 e. The molecule has 3 nitrogen and oxygen atoms in total. The van der Waals surface area contributed by atoms with Crippen molar-refractivity contribution in [2.24, 2.45) is 7.05 Å². The average molecular weight is 281 g/mol. The summed E-state index contributed by atoms with van der Waals surface area (Å²) in [5.41, 5.74) is 1.65. The number of aryl methyl sites for hydroxylation is 1. The first-order valence-electron chi connectivity index (χ1n) is 5.03. The molecule has 0 aliphatic carbocycles. The first-order chi connectivity index (χ1) is 7.61. The molecule has 2 rings (SSSR count). The van der Waals surface area contributed by atoms with Crippen molar-refractivity contribution in [2.45, 2.75) is 13.0 Å². The molecule has 1 heterocycles. The van der Waals surface area contributed by atoms with Gasteiger partial charge in [-0.3, -0.25) is 0 Å². The second-order valence-electron chi connectivity index (χ2n) is 3.71. The predicted molar refractivity (Wildman–Crippen MR) is 66.1 cm³/mol. The molecule has 0 saturated carbocycles. The van der Waals surface area contributed by atoms with Crippen LogP contribution in [0.4, 0.5) is 0 Å². The molecule has 0 aliphatic heterocycles. The monoisotopic (exact) mass is 280 g/mol. The van der Waals surface area contributed by atoms with Crippen LogP contribution in [0.3, 0.4) is 0 Å². The van der Waals surface area contributed by atoms with Gasteiger partial charge in [-0.25, -0.2) is 4.98 Å². The minimum atomic E-state index is -0.651. The molecule has 0 spiro atoms. The molecule has 16 heavy (non-hydrogen) atoms. The van der Waals surface area contributed by atoms with Gasteiger partial charge in [-0.1, -0.05) is 30.3 Å². The molecule has 4 heteroatoms. The van der Waals surface area contributed by atoms with Gasteiger partial charge in [0.15, 0.2) is 0 Å². The third-order valence-electron chi connectivity index (χ3n) is 2.69. The number of hydrogen-bond acceptors (Lipinski definition) is 2. The first kappa shape index (κ1) is 11.4. The van der Waals surface area contributed by atoms with Crippen molar-refractivity contribution < 1.29 is 5.11 Å². The van der Waals surface area contributed by atoms with Crippen molar-refractivity contribution in [1.82, 2.24) is 9.55 Å². The van der Waals surface area contributed by atoms with E-state index in [1.807, 2.05) is 48.9 Å². The van der Waals surface area contributed by atoms with Gasteiger partial charge in [0.1, 0.15) is 16.5 Å². The minimum Gasteiger partial charge on any atom is -0.382 e. The van der Waals surface area contributed by atoms with E-state index in [-0.39, 0.29) is 0 Å². The third kappa shape index (κ3) is 1.90. The van der Waals surface area contributed by atoms with Crippen molar-refractivity contribution in [3.05, 3.63) is 52.0 Å². The van der Waals surface area contributed by atoms with Crippen molar-refractivity contribution in [3.8, 4) is 0 Å². The highest BCUT2D eigenvalue weighted by Crippen LogP contribution is 2.28. The number of aliphatic hydroxyl groups is 1. The number of halogens is 1. The number of rotatable bonds is 2. The molecule has 0 amide bonds. The molecule has 0 fully saturated rings. The van der Waals surface area contributed by atoms with Gasteiger partial charge in [-0.15, -0.1) is 0 Å². The van der Waals surface area contributed by atoms with Crippen LogP contribution < -0.4 is 0 Å². The lowest BCUT2D eigenvalue weighted by Crippen LogP contribution is -2.07. The second kappa shape index (κ2) is 4.39. The Labute approximate surface area is 103 Å². The summed E-state index contributed by atoms with van der Waals surface area (Å²) in [5, 5.41) is 10.3. The summed E-state index contributed by atoms with van der Waals surface area (Å²) in [6, 6.07) is 9.56. The molecule has 0 radical (unpaired) electrons. The number of hydrogen-bond donors (Lipinski definition) is 1. The van der Waals surface area contributed by atoms with E-state index in [0.717, 1.165) is 17.1 Å². The summed E-state index contributed by atoms with van der Waals surface area (Å²) in [5.74, 6) is 0.872.